The lowest BCUT2D eigenvalue weighted by Gasteiger charge is -2.16. The summed E-state index contributed by atoms with van der Waals surface area (Å²) in [5.41, 5.74) is 0.527. The van der Waals surface area contributed by atoms with Crippen LogP contribution in [0.3, 0.4) is 0 Å². The van der Waals surface area contributed by atoms with Gasteiger partial charge < -0.3 is 19.5 Å². The van der Waals surface area contributed by atoms with Crippen LogP contribution in [0.25, 0.3) is 0 Å². The molecular weight excluding hydrogens is 424 g/mol. The Balaban J connectivity index is 1.41. The zero-order valence-corrected chi connectivity index (χ0v) is 17.7. The maximum Gasteiger partial charge on any atom is 0.338 e. The second-order valence-corrected chi connectivity index (χ2v) is 9.18. The zero-order chi connectivity index (χ0) is 22.0. The van der Waals surface area contributed by atoms with Gasteiger partial charge in [0.1, 0.15) is 0 Å². The van der Waals surface area contributed by atoms with E-state index < -0.39 is 28.0 Å². The lowest BCUT2D eigenvalue weighted by atomic mass is 10.2. The number of hydrogen-bond acceptors (Lipinski definition) is 7. The van der Waals surface area contributed by atoms with Crippen molar-refractivity contribution in [2.45, 2.75) is 30.8 Å². The van der Waals surface area contributed by atoms with Gasteiger partial charge in [0.2, 0.25) is 16.8 Å². The van der Waals surface area contributed by atoms with Gasteiger partial charge in [-0.15, -0.1) is 0 Å². The molecule has 9 nitrogen and oxygen atoms in total. The van der Waals surface area contributed by atoms with E-state index in [-0.39, 0.29) is 17.3 Å². The Hall–Kier alpha value is -3.11. The van der Waals surface area contributed by atoms with E-state index >= 15 is 0 Å². The van der Waals surface area contributed by atoms with Gasteiger partial charge in [-0.25, -0.2) is 13.2 Å². The smallest absolute Gasteiger partial charge is 0.338 e. The second-order valence-electron chi connectivity index (χ2n) is 7.24. The summed E-state index contributed by atoms with van der Waals surface area (Å²) in [6.07, 6.45) is 0.533. The molecule has 4 rings (SSSR count). The summed E-state index contributed by atoms with van der Waals surface area (Å²) in [5.74, 6) is -0.223. The molecule has 1 fully saturated rings. The Morgan fingerprint density at radius 1 is 1.06 bits per heavy atom. The fourth-order valence-electron chi connectivity index (χ4n) is 3.36. The summed E-state index contributed by atoms with van der Waals surface area (Å²) in [6.45, 7) is 2.49. The lowest BCUT2D eigenvalue weighted by molar-refractivity contribution is -0.123. The van der Waals surface area contributed by atoms with E-state index in [1.165, 1.54) is 35.5 Å². The predicted octanol–water partition coefficient (Wildman–Crippen LogP) is 2.38. The van der Waals surface area contributed by atoms with Crippen LogP contribution in [-0.2, 0) is 19.6 Å². The summed E-state index contributed by atoms with van der Waals surface area (Å²) < 4.78 is 42.6. The molecule has 2 heterocycles. The molecule has 0 bridgehead atoms. The van der Waals surface area contributed by atoms with Crippen molar-refractivity contribution in [1.29, 1.82) is 0 Å². The van der Waals surface area contributed by atoms with Gasteiger partial charge in [0.15, 0.2) is 17.6 Å². The van der Waals surface area contributed by atoms with Crippen LogP contribution >= 0.6 is 0 Å². The number of sulfonamides is 1. The highest BCUT2D eigenvalue weighted by Gasteiger charge is 2.28. The first-order valence-electron chi connectivity index (χ1n) is 9.86. The third-order valence-electron chi connectivity index (χ3n) is 5.07. The van der Waals surface area contributed by atoms with E-state index in [4.69, 9.17) is 14.2 Å². The average molecular weight is 446 g/mol. The molecule has 1 amide bonds. The average Bonchev–Trinajstić information content (AvgIpc) is 3.46. The number of nitrogens with zero attached hydrogens (tertiary/aromatic N) is 1. The van der Waals surface area contributed by atoms with E-state index in [0.29, 0.717) is 30.3 Å². The maximum atomic E-state index is 12.7. The molecular formula is C21H22N2O7S. The van der Waals surface area contributed by atoms with Crippen molar-refractivity contribution in [1.82, 2.24) is 4.31 Å². The number of amides is 1. The van der Waals surface area contributed by atoms with Crippen LogP contribution < -0.4 is 14.8 Å². The first kappa shape index (κ1) is 21.1. The zero-order valence-electron chi connectivity index (χ0n) is 16.9. The van der Waals surface area contributed by atoms with Gasteiger partial charge >= 0.3 is 5.97 Å². The topological polar surface area (TPSA) is 111 Å². The summed E-state index contributed by atoms with van der Waals surface area (Å²) in [4.78, 5) is 25.0. The van der Waals surface area contributed by atoms with Crippen molar-refractivity contribution in [3.05, 3.63) is 48.0 Å². The van der Waals surface area contributed by atoms with Crippen molar-refractivity contribution in [2.75, 3.05) is 25.2 Å². The molecule has 0 radical (unpaired) electrons. The van der Waals surface area contributed by atoms with Gasteiger partial charge in [-0.2, -0.15) is 4.31 Å². The summed E-state index contributed by atoms with van der Waals surface area (Å²) in [5, 5.41) is 2.65. The number of esters is 1. The Morgan fingerprint density at radius 3 is 2.58 bits per heavy atom. The number of ether oxygens (including phenoxy) is 3. The number of rotatable bonds is 6. The van der Waals surface area contributed by atoms with Crippen LogP contribution in [0, 0.1) is 0 Å². The number of carbonyl (C=O) groups is 2. The van der Waals surface area contributed by atoms with Crippen LogP contribution in [0.4, 0.5) is 5.69 Å². The minimum absolute atomic E-state index is 0.0290. The highest BCUT2D eigenvalue weighted by atomic mass is 32.2. The molecule has 2 aliphatic heterocycles. The highest BCUT2D eigenvalue weighted by Crippen LogP contribution is 2.34. The molecule has 2 aromatic rings. The lowest BCUT2D eigenvalue weighted by Crippen LogP contribution is -2.30. The fourth-order valence-corrected chi connectivity index (χ4v) is 4.92. The van der Waals surface area contributed by atoms with Crippen LogP contribution in [0.15, 0.2) is 47.4 Å². The van der Waals surface area contributed by atoms with Gasteiger partial charge in [-0.05, 0) is 50.1 Å². The van der Waals surface area contributed by atoms with E-state index in [9.17, 15) is 18.0 Å². The number of hydrogen-bond donors (Lipinski definition) is 1. The van der Waals surface area contributed by atoms with Crippen LogP contribution in [0.1, 0.15) is 30.1 Å². The minimum atomic E-state index is -3.66. The fraction of sp³-hybridized carbons (Fsp3) is 0.333. The van der Waals surface area contributed by atoms with E-state index in [0.717, 1.165) is 12.8 Å². The minimum Gasteiger partial charge on any atom is -0.454 e. The normalized spacial score (nSPS) is 16.7. The number of anilines is 1. The number of fused-ring (bicyclic) bond motifs is 1. The molecule has 1 atom stereocenters. The van der Waals surface area contributed by atoms with Gasteiger partial charge in [0, 0.05) is 24.8 Å². The summed E-state index contributed by atoms with van der Waals surface area (Å²) >= 11 is 0. The maximum absolute atomic E-state index is 12.7. The predicted molar refractivity (Wildman–Crippen MR) is 111 cm³/mol. The standard InChI is InChI=1S/C21H22N2O7S/c1-14(20(24)22-16-7-8-18-19(12-16)29-13-28-18)30-21(25)15-5-4-6-17(11-15)31(26,27)23-9-2-3-10-23/h4-8,11-12,14H,2-3,9-10,13H2,1H3,(H,22,24). The third kappa shape index (κ3) is 4.49. The largest absolute Gasteiger partial charge is 0.454 e. The van der Waals surface area contributed by atoms with Gasteiger partial charge in [0.25, 0.3) is 5.91 Å². The number of benzene rings is 2. The van der Waals surface area contributed by atoms with E-state index in [1.54, 1.807) is 18.2 Å². The molecule has 164 valence electrons. The van der Waals surface area contributed by atoms with Gasteiger partial charge in [-0.1, -0.05) is 6.07 Å². The number of carbonyl (C=O) groups excluding carboxylic acids is 2. The van der Waals surface area contributed by atoms with Gasteiger partial charge in [-0.3, -0.25) is 4.79 Å². The van der Waals surface area contributed by atoms with Crippen molar-refractivity contribution in [2.24, 2.45) is 0 Å². The highest BCUT2D eigenvalue weighted by molar-refractivity contribution is 7.89. The SMILES string of the molecule is CC(OC(=O)c1cccc(S(=O)(=O)N2CCCC2)c1)C(=O)Nc1ccc2c(c1)OCO2. The molecule has 1 unspecified atom stereocenters. The van der Waals surface area contributed by atoms with Crippen LogP contribution in [0.2, 0.25) is 0 Å². The Morgan fingerprint density at radius 2 is 1.81 bits per heavy atom. The van der Waals surface area contributed by atoms with E-state index in [2.05, 4.69) is 5.32 Å². The summed E-state index contributed by atoms with van der Waals surface area (Å²) in [7, 11) is -3.66. The monoisotopic (exact) mass is 446 g/mol. The first-order valence-corrected chi connectivity index (χ1v) is 11.3. The molecule has 2 aromatic carbocycles. The third-order valence-corrected chi connectivity index (χ3v) is 6.96. The molecule has 0 aliphatic carbocycles. The molecule has 10 heteroatoms. The van der Waals surface area contributed by atoms with Crippen molar-refractivity contribution in [3.8, 4) is 11.5 Å². The Bertz CT molecular complexity index is 1110. The Kier molecular flexibility index (Phi) is 5.84. The Labute approximate surface area is 179 Å². The first-order chi connectivity index (χ1) is 14.8. The van der Waals surface area contributed by atoms with Crippen LogP contribution in [-0.4, -0.2) is 50.6 Å². The van der Waals surface area contributed by atoms with Crippen molar-refractivity contribution in [3.63, 3.8) is 0 Å². The molecule has 0 saturated carbocycles. The second kappa shape index (κ2) is 8.56. The quantitative estimate of drug-likeness (QED) is 0.678. The number of nitrogens with one attached hydrogen (secondary N) is 1. The van der Waals surface area contributed by atoms with Gasteiger partial charge in [0.05, 0.1) is 10.5 Å². The molecule has 1 saturated heterocycles. The van der Waals surface area contributed by atoms with Crippen molar-refractivity contribution < 1.29 is 32.2 Å². The summed E-state index contributed by atoms with van der Waals surface area (Å²) in [6, 6.07) is 10.6. The molecule has 0 aromatic heterocycles. The molecule has 0 spiro atoms. The molecule has 31 heavy (non-hydrogen) atoms. The molecule has 1 N–H and O–H groups in total. The van der Waals surface area contributed by atoms with Crippen LogP contribution in [0.5, 0.6) is 11.5 Å². The molecule has 2 aliphatic rings. The van der Waals surface area contributed by atoms with E-state index in [1.807, 2.05) is 0 Å². The van der Waals surface area contributed by atoms with Crippen molar-refractivity contribution >= 4 is 27.6 Å².